The van der Waals surface area contributed by atoms with Crippen LogP contribution in [0.3, 0.4) is 0 Å². The van der Waals surface area contributed by atoms with Crippen LogP contribution in [0.2, 0.25) is 0 Å². The highest BCUT2D eigenvalue weighted by Crippen LogP contribution is 2.21. The van der Waals surface area contributed by atoms with Crippen LogP contribution in [0, 0.1) is 6.92 Å². The van der Waals surface area contributed by atoms with E-state index in [4.69, 9.17) is 0 Å². The summed E-state index contributed by atoms with van der Waals surface area (Å²) >= 11 is 3.49. The highest BCUT2D eigenvalue weighted by molar-refractivity contribution is 9.10. The van der Waals surface area contributed by atoms with E-state index in [-0.39, 0.29) is 17.8 Å². The van der Waals surface area contributed by atoms with Crippen molar-refractivity contribution in [1.29, 1.82) is 0 Å². The molecule has 0 bridgehead atoms. The highest BCUT2D eigenvalue weighted by atomic mass is 79.9. The van der Waals surface area contributed by atoms with Gasteiger partial charge < -0.3 is 5.32 Å². The second-order valence-corrected chi connectivity index (χ2v) is 8.33. The van der Waals surface area contributed by atoms with Gasteiger partial charge in [-0.15, -0.1) is 0 Å². The van der Waals surface area contributed by atoms with Gasteiger partial charge in [-0.3, -0.25) is 0 Å². The predicted molar refractivity (Wildman–Crippen MR) is 84.2 cm³/mol. The first-order valence-electron chi connectivity index (χ1n) is 6.39. The molecular formula is C14H22BrNO2S. The number of hydrogen-bond donors (Lipinski definition) is 1. The second kappa shape index (κ2) is 6.86. The molecule has 0 aromatic heterocycles. The van der Waals surface area contributed by atoms with E-state index in [1.165, 1.54) is 17.4 Å². The lowest BCUT2D eigenvalue weighted by atomic mass is 10.0. The standard InChI is InChI=1S/C14H22BrNO2S/c1-10-9-13(5-6-14(10)15)12(3)16-11(2)7-8-19(4,17)18/h5-6,9,11-12,16H,7-8H2,1-4H3/t11-,12-/m0/s1. The van der Waals surface area contributed by atoms with Crippen LogP contribution in [0.15, 0.2) is 22.7 Å². The minimum absolute atomic E-state index is 0.175. The van der Waals surface area contributed by atoms with Crippen molar-refractivity contribution in [3.05, 3.63) is 33.8 Å². The average molecular weight is 348 g/mol. The van der Waals surface area contributed by atoms with Gasteiger partial charge in [-0.05, 0) is 44.4 Å². The van der Waals surface area contributed by atoms with Crippen molar-refractivity contribution in [2.24, 2.45) is 0 Å². The van der Waals surface area contributed by atoms with Crippen molar-refractivity contribution in [1.82, 2.24) is 5.32 Å². The maximum atomic E-state index is 11.1. The molecular weight excluding hydrogens is 326 g/mol. The van der Waals surface area contributed by atoms with Gasteiger partial charge in [-0.1, -0.05) is 28.1 Å². The van der Waals surface area contributed by atoms with E-state index in [2.05, 4.69) is 47.2 Å². The summed E-state index contributed by atoms with van der Waals surface area (Å²) < 4.78 is 23.4. The number of sulfone groups is 1. The molecule has 5 heteroatoms. The van der Waals surface area contributed by atoms with E-state index in [1.54, 1.807) is 0 Å². The maximum Gasteiger partial charge on any atom is 0.147 e. The molecule has 19 heavy (non-hydrogen) atoms. The van der Waals surface area contributed by atoms with Gasteiger partial charge in [0, 0.05) is 22.8 Å². The maximum absolute atomic E-state index is 11.1. The molecule has 0 fully saturated rings. The summed E-state index contributed by atoms with van der Waals surface area (Å²) in [6.07, 6.45) is 1.92. The molecule has 1 N–H and O–H groups in total. The van der Waals surface area contributed by atoms with Crippen molar-refractivity contribution in [3.63, 3.8) is 0 Å². The molecule has 1 rings (SSSR count). The Labute approximate surface area is 124 Å². The van der Waals surface area contributed by atoms with Gasteiger partial charge >= 0.3 is 0 Å². The number of halogens is 1. The summed E-state index contributed by atoms with van der Waals surface area (Å²) in [4.78, 5) is 0. The number of hydrogen-bond acceptors (Lipinski definition) is 3. The molecule has 0 aliphatic heterocycles. The molecule has 0 saturated carbocycles. The summed E-state index contributed by atoms with van der Waals surface area (Å²) in [5.41, 5.74) is 2.42. The first-order valence-corrected chi connectivity index (χ1v) is 9.24. The van der Waals surface area contributed by atoms with Crippen LogP contribution < -0.4 is 5.32 Å². The molecule has 0 heterocycles. The fraction of sp³-hybridized carbons (Fsp3) is 0.571. The lowest BCUT2D eigenvalue weighted by Crippen LogP contribution is -2.30. The largest absolute Gasteiger partial charge is 0.308 e. The molecule has 0 unspecified atom stereocenters. The monoisotopic (exact) mass is 347 g/mol. The molecule has 1 aromatic rings. The Hall–Kier alpha value is -0.390. The molecule has 0 aliphatic rings. The fourth-order valence-electron chi connectivity index (χ4n) is 1.93. The van der Waals surface area contributed by atoms with Crippen LogP contribution in [-0.4, -0.2) is 26.5 Å². The van der Waals surface area contributed by atoms with E-state index < -0.39 is 9.84 Å². The van der Waals surface area contributed by atoms with Gasteiger partial charge in [0.15, 0.2) is 0 Å². The van der Waals surface area contributed by atoms with Gasteiger partial charge in [-0.25, -0.2) is 8.42 Å². The third-order valence-electron chi connectivity index (χ3n) is 3.14. The highest BCUT2D eigenvalue weighted by Gasteiger charge is 2.12. The van der Waals surface area contributed by atoms with E-state index in [0.29, 0.717) is 6.42 Å². The van der Waals surface area contributed by atoms with Gasteiger partial charge in [0.25, 0.3) is 0 Å². The van der Waals surface area contributed by atoms with Crippen molar-refractivity contribution < 1.29 is 8.42 Å². The Bertz CT molecular complexity index is 528. The average Bonchev–Trinajstić information content (AvgIpc) is 2.29. The third-order valence-corrected chi connectivity index (χ3v) is 5.01. The van der Waals surface area contributed by atoms with Gasteiger partial charge in [0.1, 0.15) is 9.84 Å². The topological polar surface area (TPSA) is 46.2 Å². The molecule has 0 spiro atoms. The SMILES string of the molecule is Cc1cc([C@H](C)N[C@@H](C)CCS(C)(=O)=O)ccc1Br. The summed E-state index contributed by atoms with van der Waals surface area (Å²) in [5.74, 6) is 0.229. The number of benzene rings is 1. The Morgan fingerprint density at radius 2 is 1.95 bits per heavy atom. The zero-order valence-corrected chi connectivity index (χ0v) is 14.3. The van der Waals surface area contributed by atoms with E-state index in [0.717, 1.165) is 4.47 Å². The number of rotatable bonds is 6. The first-order chi connectivity index (χ1) is 8.69. The lowest BCUT2D eigenvalue weighted by molar-refractivity contribution is 0.468. The summed E-state index contributed by atoms with van der Waals surface area (Å²) in [7, 11) is -2.88. The van der Waals surface area contributed by atoms with E-state index in [1.807, 2.05) is 13.0 Å². The van der Waals surface area contributed by atoms with Crippen molar-refractivity contribution >= 4 is 25.8 Å². The minimum atomic E-state index is -2.88. The Balaban J connectivity index is 2.58. The zero-order valence-electron chi connectivity index (χ0n) is 11.9. The molecule has 3 nitrogen and oxygen atoms in total. The van der Waals surface area contributed by atoms with E-state index in [9.17, 15) is 8.42 Å². The number of nitrogens with one attached hydrogen (secondary N) is 1. The summed E-state index contributed by atoms with van der Waals surface area (Å²) in [6.45, 7) is 6.18. The van der Waals surface area contributed by atoms with Crippen LogP contribution in [0.25, 0.3) is 0 Å². The fourth-order valence-corrected chi connectivity index (χ4v) is 2.96. The van der Waals surface area contributed by atoms with Gasteiger partial charge in [-0.2, -0.15) is 0 Å². The predicted octanol–water partition coefficient (Wildman–Crippen LogP) is 3.23. The first kappa shape index (κ1) is 16.7. The lowest BCUT2D eigenvalue weighted by Gasteiger charge is -2.20. The van der Waals surface area contributed by atoms with Crippen molar-refractivity contribution in [3.8, 4) is 0 Å². The molecule has 0 aliphatic carbocycles. The normalized spacial score (nSPS) is 15.2. The van der Waals surface area contributed by atoms with Crippen molar-refractivity contribution in [2.45, 2.75) is 39.3 Å². The molecule has 0 saturated heterocycles. The van der Waals surface area contributed by atoms with E-state index >= 15 is 0 Å². The molecule has 0 radical (unpaired) electrons. The zero-order chi connectivity index (χ0) is 14.6. The third kappa shape index (κ3) is 6.06. The van der Waals surface area contributed by atoms with Gasteiger partial charge in [0.05, 0.1) is 5.75 Å². The quantitative estimate of drug-likeness (QED) is 0.859. The summed E-state index contributed by atoms with van der Waals surface area (Å²) in [6, 6.07) is 6.66. The second-order valence-electron chi connectivity index (χ2n) is 5.22. The molecule has 2 atom stereocenters. The van der Waals surface area contributed by atoms with Crippen LogP contribution in [0.4, 0.5) is 0 Å². The summed E-state index contributed by atoms with van der Waals surface area (Å²) in [5, 5.41) is 3.44. The van der Waals surface area contributed by atoms with Gasteiger partial charge in [0.2, 0.25) is 0 Å². The van der Waals surface area contributed by atoms with Crippen molar-refractivity contribution in [2.75, 3.05) is 12.0 Å². The number of aryl methyl sites for hydroxylation is 1. The smallest absolute Gasteiger partial charge is 0.147 e. The van der Waals surface area contributed by atoms with Crippen LogP contribution in [0.1, 0.15) is 37.4 Å². The molecule has 0 amide bonds. The Kier molecular flexibility index (Phi) is 6.02. The Morgan fingerprint density at radius 3 is 2.47 bits per heavy atom. The van der Waals surface area contributed by atoms with Crippen LogP contribution in [-0.2, 0) is 9.84 Å². The minimum Gasteiger partial charge on any atom is -0.308 e. The molecule has 1 aromatic carbocycles. The molecule has 108 valence electrons. The van der Waals surface area contributed by atoms with Crippen LogP contribution in [0.5, 0.6) is 0 Å². The van der Waals surface area contributed by atoms with Crippen LogP contribution >= 0.6 is 15.9 Å². The Morgan fingerprint density at radius 1 is 1.32 bits per heavy atom.